The standard InChI is InChI=1S/C14H25N5OS/c1-11(2)19-12(9-15)16-17-14(19)21-10-13(20)18-7-5-3-4-6-8-18/h11H,3-10,15H2,1-2H3. The monoisotopic (exact) mass is 311 g/mol. The SMILES string of the molecule is CC(C)n1c(CN)nnc1SCC(=O)N1CCCCCC1. The van der Waals surface area contributed by atoms with E-state index in [0.29, 0.717) is 12.3 Å². The molecule has 21 heavy (non-hydrogen) atoms. The summed E-state index contributed by atoms with van der Waals surface area (Å²) < 4.78 is 2.01. The van der Waals surface area contributed by atoms with Gasteiger partial charge in [0.15, 0.2) is 5.16 Å². The van der Waals surface area contributed by atoms with Gasteiger partial charge in [0.1, 0.15) is 5.82 Å². The molecule has 0 atom stereocenters. The second kappa shape index (κ2) is 7.79. The van der Waals surface area contributed by atoms with Gasteiger partial charge in [0.25, 0.3) is 0 Å². The summed E-state index contributed by atoms with van der Waals surface area (Å²) in [5, 5.41) is 9.06. The number of nitrogens with zero attached hydrogens (tertiary/aromatic N) is 4. The summed E-state index contributed by atoms with van der Waals surface area (Å²) in [4.78, 5) is 14.3. The zero-order valence-electron chi connectivity index (χ0n) is 12.9. The number of hydrogen-bond acceptors (Lipinski definition) is 5. The van der Waals surface area contributed by atoms with Gasteiger partial charge in [-0.25, -0.2) is 0 Å². The van der Waals surface area contributed by atoms with Gasteiger partial charge in [0.2, 0.25) is 5.91 Å². The van der Waals surface area contributed by atoms with E-state index >= 15 is 0 Å². The highest BCUT2D eigenvalue weighted by Gasteiger charge is 2.19. The lowest BCUT2D eigenvalue weighted by molar-refractivity contribution is -0.128. The van der Waals surface area contributed by atoms with E-state index < -0.39 is 0 Å². The molecule has 1 fully saturated rings. The van der Waals surface area contributed by atoms with Crippen LogP contribution in [0.25, 0.3) is 0 Å². The van der Waals surface area contributed by atoms with Gasteiger partial charge in [-0.3, -0.25) is 4.79 Å². The maximum Gasteiger partial charge on any atom is 0.233 e. The molecular formula is C14H25N5OS. The minimum absolute atomic E-state index is 0.203. The normalized spacial score (nSPS) is 16.3. The molecule has 1 amide bonds. The molecule has 0 bridgehead atoms. The van der Waals surface area contributed by atoms with Crippen LogP contribution in [0.3, 0.4) is 0 Å². The van der Waals surface area contributed by atoms with Gasteiger partial charge >= 0.3 is 0 Å². The van der Waals surface area contributed by atoms with E-state index in [1.807, 2.05) is 9.47 Å². The van der Waals surface area contributed by atoms with Crippen LogP contribution in [0, 0.1) is 0 Å². The van der Waals surface area contributed by atoms with E-state index in [1.165, 1.54) is 24.6 Å². The molecule has 0 aliphatic carbocycles. The van der Waals surface area contributed by atoms with Gasteiger partial charge in [-0.1, -0.05) is 24.6 Å². The Hall–Kier alpha value is -1.08. The van der Waals surface area contributed by atoms with Gasteiger partial charge < -0.3 is 15.2 Å². The van der Waals surface area contributed by atoms with Crippen LogP contribution < -0.4 is 5.73 Å². The van der Waals surface area contributed by atoms with Crippen LogP contribution in [0.1, 0.15) is 51.4 Å². The van der Waals surface area contributed by atoms with E-state index in [2.05, 4.69) is 24.0 Å². The number of aromatic nitrogens is 3. The highest BCUT2D eigenvalue weighted by atomic mass is 32.2. The summed E-state index contributed by atoms with van der Waals surface area (Å²) in [5.41, 5.74) is 5.68. The van der Waals surface area contributed by atoms with Crippen LogP contribution >= 0.6 is 11.8 Å². The summed E-state index contributed by atoms with van der Waals surface area (Å²) in [6.45, 7) is 6.30. The van der Waals surface area contributed by atoms with Crippen molar-refractivity contribution >= 4 is 17.7 Å². The molecule has 7 heteroatoms. The lowest BCUT2D eigenvalue weighted by Crippen LogP contribution is -2.33. The molecule has 1 aromatic rings. The largest absolute Gasteiger partial charge is 0.342 e. The van der Waals surface area contributed by atoms with Crippen LogP contribution in [-0.4, -0.2) is 44.4 Å². The third-order valence-corrected chi connectivity index (χ3v) is 4.65. The van der Waals surface area contributed by atoms with Crippen LogP contribution in [0.4, 0.5) is 0 Å². The van der Waals surface area contributed by atoms with Crippen LogP contribution in [0.2, 0.25) is 0 Å². The van der Waals surface area contributed by atoms with Gasteiger partial charge in [-0.05, 0) is 26.7 Å². The fourth-order valence-corrected chi connectivity index (χ4v) is 3.59. The van der Waals surface area contributed by atoms with E-state index in [9.17, 15) is 4.79 Å². The molecule has 1 aromatic heterocycles. The molecule has 0 unspecified atom stereocenters. The summed E-state index contributed by atoms with van der Waals surface area (Å²) in [5.74, 6) is 1.40. The minimum atomic E-state index is 0.203. The first-order chi connectivity index (χ1) is 10.1. The Kier molecular flexibility index (Phi) is 6.05. The van der Waals surface area contributed by atoms with Crippen molar-refractivity contribution in [1.82, 2.24) is 19.7 Å². The Morgan fingerprint density at radius 2 is 1.90 bits per heavy atom. The minimum Gasteiger partial charge on any atom is -0.342 e. The van der Waals surface area contributed by atoms with Crippen molar-refractivity contribution in [2.24, 2.45) is 5.73 Å². The van der Waals surface area contributed by atoms with Crippen molar-refractivity contribution in [3.05, 3.63) is 5.82 Å². The number of carbonyl (C=O) groups is 1. The van der Waals surface area contributed by atoms with Crippen molar-refractivity contribution in [3.63, 3.8) is 0 Å². The Morgan fingerprint density at radius 3 is 2.48 bits per heavy atom. The Labute approximate surface area is 130 Å². The molecule has 0 radical (unpaired) electrons. The van der Waals surface area contributed by atoms with Crippen molar-refractivity contribution in [1.29, 1.82) is 0 Å². The number of hydrogen-bond donors (Lipinski definition) is 1. The fraction of sp³-hybridized carbons (Fsp3) is 0.786. The number of amides is 1. The van der Waals surface area contributed by atoms with Gasteiger partial charge in [-0.15, -0.1) is 10.2 Å². The number of likely N-dealkylation sites (tertiary alicyclic amines) is 1. The molecule has 1 aliphatic rings. The average molecular weight is 311 g/mol. The summed E-state index contributed by atoms with van der Waals surface area (Å²) in [6.07, 6.45) is 4.71. The Balaban J connectivity index is 1.96. The first kappa shape index (κ1) is 16.3. The number of rotatable bonds is 5. The number of thioether (sulfide) groups is 1. The highest BCUT2D eigenvalue weighted by molar-refractivity contribution is 7.99. The zero-order valence-corrected chi connectivity index (χ0v) is 13.7. The van der Waals surface area contributed by atoms with Gasteiger partial charge in [0, 0.05) is 19.1 Å². The summed E-state index contributed by atoms with van der Waals surface area (Å²) >= 11 is 1.46. The first-order valence-corrected chi connectivity index (χ1v) is 8.66. The van der Waals surface area contributed by atoms with Crippen molar-refractivity contribution < 1.29 is 4.79 Å². The quantitative estimate of drug-likeness (QED) is 0.839. The maximum atomic E-state index is 12.3. The third kappa shape index (κ3) is 4.20. The molecule has 0 saturated carbocycles. The molecule has 2 N–H and O–H groups in total. The van der Waals surface area contributed by atoms with E-state index in [0.717, 1.165) is 36.9 Å². The topological polar surface area (TPSA) is 77.0 Å². The molecule has 1 aliphatic heterocycles. The molecule has 1 saturated heterocycles. The Bertz CT molecular complexity index is 466. The smallest absolute Gasteiger partial charge is 0.233 e. The lowest BCUT2D eigenvalue weighted by atomic mass is 10.2. The zero-order chi connectivity index (χ0) is 15.2. The predicted molar refractivity (Wildman–Crippen MR) is 84.1 cm³/mol. The van der Waals surface area contributed by atoms with Crippen LogP contribution in [-0.2, 0) is 11.3 Å². The molecular weight excluding hydrogens is 286 g/mol. The lowest BCUT2D eigenvalue weighted by Gasteiger charge is -2.20. The van der Waals surface area contributed by atoms with Crippen molar-refractivity contribution in [3.8, 4) is 0 Å². The second-order valence-corrected chi connectivity index (χ2v) is 6.59. The second-order valence-electron chi connectivity index (χ2n) is 5.65. The highest BCUT2D eigenvalue weighted by Crippen LogP contribution is 2.22. The molecule has 0 spiro atoms. The molecule has 118 valence electrons. The fourth-order valence-electron chi connectivity index (χ4n) is 2.60. The molecule has 6 nitrogen and oxygen atoms in total. The molecule has 0 aromatic carbocycles. The predicted octanol–water partition coefficient (Wildman–Crippen LogP) is 1.81. The van der Waals surface area contributed by atoms with Crippen LogP contribution in [0.5, 0.6) is 0 Å². The molecule has 2 rings (SSSR count). The van der Waals surface area contributed by atoms with Gasteiger partial charge in [-0.2, -0.15) is 0 Å². The van der Waals surface area contributed by atoms with Crippen LogP contribution in [0.15, 0.2) is 5.16 Å². The first-order valence-electron chi connectivity index (χ1n) is 7.68. The van der Waals surface area contributed by atoms with E-state index in [1.54, 1.807) is 0 Å². The van der Waals surface area contributed by atoms with Crippen molar-refractivity contribution in [2.75, 3.05) is 18.8 Å². The van der Waals surface area contributed by atoms with E-state index in [4.69, 9.17) is 5.73 Å². The van der Waals surface area contributed by atoms with Crippen molar-refractivity contribution in [2.45, 2.75) is 57.3 Å². The summed E-state index contributed by atoms with van der Waals surface area (Å²) in [6, 6.07) is 0.245. The van der Waals surface area contributed by atoms with Gasteiger partial charge in [0.05, 0.1) is 12.3 Å². The average Bonchev–Trinajstić information content (AvgIpc) is 2.69. The maximum absolute atomic E-state index is 12.3. The molecule has 2 heterocycles. The summed E-state index contributed by atoms with van der Waals surface area (Å²) in [7, 11) is 0. The Morgan fingerprint density at radius 1 is 1.24 bits per heavy atom. The number of nitrogens with two attached hydrogens (primary N) is 1. The third-order valence-electron chi connectivity index (χ3n) is 3.72. The number of carbonyl (C=O) groups excluding carboxylic acids is 1. The van der Waals surface area contributed by atoms with E-state index in [-0.39, 0.29) is 11.9 Å².